The first-order valence-electron chi connectivity index (χ1n) is 8.02. The van der Waals surface area contributed by atoms with Crippen LogP contribution in [-0.2, 0) is 10.0 Å². The minimum absolute atomic E-state index is 0.277. The molecule has 0 amide bonds. The lowest BCUT2D eigenvalue weighted by Crippen LogP contribution is -2.29. The van der Waals surface area contributed by atoms with Crippen LogP contribution in [0.2, 0.25) is 0 Å². The van der Waals surface area contributed by atoms with Crippen LogP contribution in [-0.4, -0.2) is 15.5 Å². The molecule has 0 radical (unpaired) electrons. The molecular formula is C19H25NO3S. The fourth-order valence-corrected chi connectivity index (χ4v) is 4.82. The molecule has 0 aliphatic carbocycles. The summed E-state index contributed by atoms with van der Waals surface area (Å²) in [4.78, 5) is 0.375. The van der Waals surface area contributed by atoms with Crippen LogP contribution in [0.15, 0.2) is 41.3 Å². The molecule has 2 aromatic rings. The summed E-state index contributed by atoms with van der Waals surface area (Å²) in [6.07, 6.45) is 0.662. The van der Waals surface area contributed by atoms with Crippen molar-refractivity contribution in [1.29, 1.82) is 0 Å². The molecule has 0 aliphatic heterocycles. The Bertz CT molecular complexity index is 788. The highest BCUT2D eigenvalue weighted by molar-refractivity contribution is 7.89. The summed E-state index contributed by atoms with van der Waals surface area (Å²) < 4.78 is 33.8. The summed E-state index contributed by atoms with van der Waals surface area (Å²) in [5.41, 5.74) is 3.52. The number of rotatable bonds is 6. The first-order valence-corrected chi connectivity index (χ1v) is 9.51. The summed E-state index contributed by atoms with van der Waals surface area (Å²) in [7, 11) is -1.99. The van der Waals surface area contributed by atoms with Crippen molar-refractivity contribution in [1.82, 2.24) is 4.72 Å². The van der Waals surface area contributed by atoms with Gasteiger partial charge in [-0.1, -0.05) is 36.8 Å². The Morgan fingerprint density at radius 1 is 1.04 bits per heavy atom. The van der Waals surface area contributed by atoms with Crippen LogP contribution in [0.1, 0.15) is 41.6 Å². The number of nitrogens with one attached hydrogen (secondary N) is 1. The number of hydrogen-bond donors (Lipinski definition) is 1. The van der Waals surface area contributed by atoms with Crippen LogP contribution in [0.4, 0.5) is 0 Å². The summed E-state index contributed by atoms with van der Waals surface area (Å²) in [5, 5.41) is 0. The molecule has 2 aromatic carbocycles. The molecule has 24 heavy (non-hydrogen) atoms. The third kappa shape index (κ3) is 3.97. The Morgan fingerprint density at radius 3 is 2.04 bits per heavy atom. The molecule has 0 aromatic heterocycles. The van der Waals surface area contributed by atoms with Gasteiger partial charge in [0.15, 0.2) is 0 Å². The average molecular weight is 347 g/mol. The first-order chi connectivity index (χ1) is 11.3. The minimum atomic E-state index is -3.59. The third-order valence-corrected chi connectivity index (χ3v) is 5.87. The van der Waals surface area contributed by atoms with Gasteiger partial charge in [0.25, 0.3) is 0 Å². The maximum atomic E-state index is 12.9. The van der Waals surface area contributed by atoms with E-state index in [-0.39, 0.29) is 6.04 Å². The lowest BCUT2D eigenvalue weighted by molar-refractivity contribution is 0.414. The molecule has 0 saturated heterocycles. The van der Waals surface area contributed by atoms with Crippen LogP contribution in [0.3, 0.4) is 0 Å². The lowest BCUT2D eigenvalue weighted by atomic mass is 10.1. The highest BCUT2D eigenvalue weighted by Crippen LogP contribution is 2.26. The van der Waals surface area contributed by atoms with Crippen molar-refractivity contribution in [2.24, 2.45) is 0 Å². The number of ether oxygens (including phenoxy) is 1. The second-order valence-corrected chi connectivity index (χ2v) is 7.73. The second kappa shape index (κ2) is 7.36. The quantitative estimate of drug-likeness (QED) is 0.858. The van der Waals surface area contributed by atoms with Crippen molar-refractivity contribution in [3.8, 4) is 5.75 Å². The molecule has 2 rings (SSSR count). The molecule has 1 N–H and O–H groups in total. The molecule has 0 spiro atoms. The fraction of sp³-hybridized carbons (Fsp3) is 0.368. The molecular weight excluding hydrogens is 322 g/mol. The highest BCUT2D eigenvalue weighted by atomic mass is 32.2. The zero-order valence-electron chi connectivity index (χ0n) is 14.9. The molecule has 1 unspecified atom stereocenters. The van der Waals surface area contributed by atoms with Gasteiger partial charge in [0.05, 0.1) is 12.0 Å². The third-order valence-electron chi connectivity index (χ3n) is 4.10. The molecule has 0 saturated carbocycles. The number of benzene rings is 2. The summed E-state index contributed by atoms with van der Waals surface area (Å²) in [6.45, 7) is 7.61. The molecule has 1 atom stereocenters. The topological polar surface area (TPSA) is 55.4 Å². The zero-order valence-corrected chi connectivity index (χ0v) is 15.7. The van der Waals surface area contributed by atoms with Gasteiger partial charge in [-0.2, -0.15) is 0 Å². The van der Waals surface area contributed by atoms with E-state index in [1.165, 1.54) is 0 Å². The van der Waals surface area contributed by atoms with E-state index in [0.717, 1.165) is 28.0 Å². The van der Waals surface area contributed by atoms with Crippen LogP contribution in [0.5, 0.6) is 5.75 Å². The van der Waals surface area contributed by atoms with E-state index >= 15 is 0 Å². The van der Waals surface area contributed by atoms with Gasteiger partial charge < -0.3 is 4.74 Å². The lowest BCUT2D eigenvalue weighted by Gasteiger charge is -2.20. The number of hydrogen-bond acceptors (Lipinski definition) is 3. The summed E-state index contributed by atoms with van der Waals surface area (Å²) in [5.74, 6) is 0.752. The van der Waals surface area contributed by atoms with E-state index in [1.54, 1.807) is 7.11 Å². The Hall–Kier alpha value is -1.85. The highest BCUT2D eigenvalue weighted by Gasteiger charge is 2.24. The van der Waals surface area contributed by atoms with Gasteiger partial charge in [0.1, 0.15) is 5.75 Å². The molecule has 0 aliphatic rings. The zero-order chi connectivity index (χ0) is 17.9. The molecule has 0 bridgehead atoms. The van der Waals surface area contributed by atoms with Gasteiger partial charge in [0.2, 0.25) is 10.0 Å². The monoisotopic (exact) mass is 347 g/mol. The number of methoxy groups -OCH3 is 1. The van der Waals surface area contributed by atoms with Crippen molar-refractivity contribution in [2.75, 3.05) is 7.11 Å². The molecule has 5 heteroatoms. The SMILES string of the molecule is CCC(NS(=O)(=O)c1c(C)cc(C)cc1C)c1ccc(OC)cc1. The Balaban J connectivity index is 2.35. The summed E-state index contributed by atoms with van der Waals surface area (Å²) >= 11 is 0. The largest absolute Gasteiger partial charge is 0.497 e. The molecule has 0 fully saturated rings. The molecule has 0 heterocycles. The smallest absolute Gasteiger partial charge is 0.241 e. The Kier molecular flexibility index (Phi) is 5.67. The van der Waals surface area contributed by atoms with Crippen molar-refractivity contribution < 1.29 is 13.2 Å². The fourth-order valence-electron chi connectivity index (χ4n) is 3.06. The van der Waals surface area contributed by atoms with E-state index in [9.17, 15) is 8.42 Å². The minimum Gasteiger partial charge on any atom is -0.497 e. The van der Waals surface area contributed by atoms with E-state index in [2.05, 4.69) is 4.72 Å². The summed E-state index contributed by atoms with van der Waals surface area (Å²) in [6, 6.07) is 11.0. The van der Waals surface area contributed by atoms with Crippen molar-refractivity contribution in [3.05, 3.63) is 58.7 Å². The van der Waals surface area contributed by atoms with E-state index in [0.29, 0.717) is 11.3 Å². The predicted molar refractivity (Wildman–Crippen MR) is 97.0 cm³/mol. The first kappa shape index (κ1) is 18.5. The van der Waals surface area contributed by atoms with Gasteiger partial charge in [-0.15, -0.1) is 0 Å². The maximum Gasteiger partial charge on any atom is 0.241 e. The van der Waals surface area contributed by atoms with E-state index < -0.39 is 10.0 Å². The van der Waals surface area contributed by atoms with Crippen LogP contribution in [0.25, 0.3) is 0 Å². The van der Waals surface area contributed by atoms with Crippen LogP contribution >= 0.6 is 0 Å². The normalized spacial score (nSPS) is 12.9. The number of sulfonamides is 1. The van der Waals surface area contributed by atoms with E-state index in [4.69, 9.17) is 4.74 Å². The maximum absolute atomic E-state index is 12.9. The van der Waals surface area contributed by atoms with Gasteiger partial charge in [-0.25, -0.2) is 13.1 Å². The van der Waals surface area contributed by atoms with Gasteiger partial charge in [0, 0.05) is 6.04 Å². The molecule has 4 nitrogen and oxygen atoms in total. The van der Waals surface area contributed by atoms with Crippen LogP contribution < -0.4 is 9.46 Å². The standard InChI is InChI=1S/C19H25NO3S/c1-6-18(16-7-9-17(23-5)10-8-16)20-24(21,22)19-14(3)11-13(2)12-15(19)4/h7-12,18,20H,6H2,1-5H3. The van der Waals surface area contributed by atoms with Gasteiger partial charge >= 0.3 is 0 Å². The molecule has 130 valence electrons. The Morgan fingerprint density at radius 2 is 1.58 bits per heavy atom. The Labute approximate surface area is 144 Å². The van der Waals surface area contributed by atoms with Crippen molar-refractivity contribution in [3.63, 3.8) is 0 Å². The van der Waals surface area contributed by atoms with Crippen molar-refractivity contribution >= 4 is 10.0 Å². The number of aryl methyl sites for hydroxylation is 3. The van der Waals surface area contributed by atoms with Crippen LogP contribution in [0, 0.1) is 20.8 Å². The average Bonchev–Trinajstić information content (AvgIpc) is 2.51. The predicted octanol–water partition coefficient (Wildman–Crippen LogP) is 4.05. The van der Waals surface area contributed by atoms with E-state index in [1.807, 2.05) is 64.1 Å². The second-order valence-electron chi connectivity index (χ2n) is 6.08. The van der Waals surface area contributed by atoms with Gasteiger partial charge in [-0.3, -0.25) is 0 Å². The van der Waals surface area contributed by atoms with Gasteiger partial charge in [-0.05, 0) is 56.0 Å². The van der Waals surface area contributed by atoms with Crippen molar-refractivity contribution in [2.45, 2.75) is 45.1 Å².